The number of nitrogens with one attached hydrogen (secondary N) is 1. The molecule has 0 aliphatic carbocycles. The summed E-state index contributed by atoms with van der Waals surface area (Å²) >= 11 is 8.18. The molecule has 0 fully saturated rings. The highest BCUT2D eigenvalue weighted by atomic mass is 35.5. The molecule has 10 nitrogen and oxygen atoms in total. The van der Waals surface area contributed by atoms with Crippen LogP contribution in [0.15, 0.2) is 23.4 Å². The van der Waals surface area contributed by atoms with Crippen molar-refractivity contribution in [1.29, 1.82) is 0 Å². The Morgan fingerprint density at radius 3 is 2.64 bits per heavy atom. The number of primary amides is 1. The molecule has 2 amide bonds. The summed E-state index contributed by atoms with van der Waals surface area (Å²) in [6.45, 7) is 1.57. The Labute approximate surface area is 202 Å². The summed E-state index contributed by atoms with van der Waals surface area (Å²) < 4.78 is 11.9. The Morgan fingerprint density at radius 1 is 1.27 bits per heavy atom. The fraction of sp³-hybridized carbons (Fsp3) is 0.250. The zero-order valence-corrected chi connectivity index (χ0v) is 20.5. The Bertz CT molecular complexity index is 1240. The summed E-state index contributed by atoms with van der Waals surface area (Å²) in [5.74, 6) is -0.703. The number of esters is 1. The van der Waals surface area contributed by atoms with Crippen LogP contribution in [-0.2, 0) is 16.6 Å². The van der Waals surface area contributed by atoms with Gasteiger partial charge in [0.1, 0.15) is 10.8 Å². The van der Waals surface area contributed by atoms with Gasteiger partial charge in [0.2, 0.25) is 5.91 Å². The van der Waals surface area contributed by atoms with Gasteiger partial charge < -0.3 is 25.1 Å². The monoisotopic (exact) mass is 509 g/mol. The Hall–Kier alpha value is -3.09. The highest BCUT2D eigenvalue weighted by molar-refractivity contribution is 7.99. The van der Waals surface area contributed by atoms with Crippen LogP contribution >= 0.6 is 34.7 Å². The highest BCUT2D eigenvalue weighted by Crippen LogP contribution is 2.34. The molecular weight excluding hydrogens is 490 g/mol. The lowest BCUT2D eigenvalue weighted by Gasteiger charge is -2.09. The van der Waals surface area contributed by atoms with Crippen LogP contribution in [0.2, 0.25) is 5.02 Å². The number of hydrogen-bond acceptors (Lipinski definition) is 9. The van der Waals surface area contributed by atoms with Gasteiger partial charge >= 0.3 is 5.97 Å². The van der Waals surface area contributed by atoms with Crippen LogP contribution in [-0.4, -0.2) is 52.5 Å². The lowest BCUT2D eigenvalue weighted by atomic mass is 10.1. The molecule has 0 atom stereocenters. The zero-order valence-electron chi connectivity index (χ0n) is 18.1. The number of methoxy groups -OCH3 is 2. The molecule has 3 aromatic rings. The summed E-state index contributed by atoms with van der Waals surface area (Å²) in [5.41, 5.74) is 6.49. The van der Waals surface area contributed by atoms with E-state index in [1.165, 1.54) is 7.11 Å². The van der Waals surface area contributed by atoms with Crippen LogP contribution in [0, 0.1) is 6.92 Å². The van der Waals surface area contributed by atoms with Gasteiger partial charge in [-0.2, -0.15) is 0 Å². The number of carbonyl (C=O) groups is 3. The number of halogens is 1. The number of thioether (sulfide) groups is 1. The number of ether oxygens (including phenoxy) is 2. The van der Waals surface area contributed by atoms with Crippen molar-refractivity contribution in [3.63, 3.8) is 0 Å². The van der Waals surface area contributed by atoms with E-state index >= 15 is 0 Å². The van der Waals surface area contributed by atoms with Crippen molar-refractivity contribution in [1.82, 2.24) is 14.8 Å². The molecule has 0 radical (unpaired) electrons. The SMILES string of the molecule is COC(=O)c1c(NC(=O)CSc2nnc(-c3cc(Cl)ccc3OC)n2C)sc(C(N)=O)c1C. The van der Waals surface area contributed by atoms with E-state index in [1.807, 2.05) is 0 Å². The quantitative estimate of drug-likeness (QED) is 0.349. The smallest absolute Gasteiger partial charge is 0.341 e. The topological polar surface area (TPSA) is 138 Å². The molecular formula is C20H20ClN5O5S2. The van der Waals surface area contributed by atoms with E-state index in [2.05, 4.69) is 15.5 Å². The second-order valence-electron chi connectivity index (χ2n) is 6.66. The third kappa shape index (κ3) is 5.13. The van der Waals surface area contributed by atoms with E-state index < -0.39 is 17.8 Å². The lowest BCUT2D eigenvalue weighted by Crippen LogP contribution is -2.16. The molecule has 0 bridgehead atoms. The van der Waals surface area contributed by atoms with Gasteiger partial charge in [0.15, 0.2) is 11.0 Å². The van der Waals surface area contributed by atoms with Crippen molar-refractivity contribution in [2.75, 3.05) is 25.3 Å². The average molecular weight is 510 g/mol. The molecule has 1 aromatic carbocycles. The van der Waals surface area contributed by atoms with Crippen LogP contribution < -0.4 is 15.8 Å². The second kappa shape index (κ2) is 10.2. The minimum Gasteiger partial charge on any atom is -0.496 e. The van der Waals surface area contributed by atoms with Gasteiger partial charge in [-0.1, -0.05) is 23.4 Å². The molecule has 0 aliphatic heterocycles. The number of amides is 2. The number of carbonyl (C=O) groups excluding carboxylic acids is 3. The Balaban J connectivity index is 1.77. The molecule has 3 N–H and O–H groups in total. The molecule has 0 spiro atoms. The largest absolute Gasteiger partial charge is 0.496 e. The summed E-state index contributed by atoms with van der Waals surface area (Å²) in [7, 11) is 4.51. The predicted molar refractivity (Wildman–Crippen MR) is 126 cm³/mol. The first kappa shape index (κ1) is 24.6. The van der Waals surface area contributed by atoms with Gasteiger partial charge in [-0.05, 0) is 30.7 Å². The molecule has 0 saturated heterocycles. The molecule has 13 heteroatoms. The third-order valence-electron chi connectivity index (χ3n) is 4.58. The van der Waals surface area contributed by atoms with Crippen LogP contribution in [0.3, 0.4) is 0 Å². The second-order valence-corrected chi connectivity index (χ2v) is 9.06. The number of aromatic nitrogens is 3. The molecule has 2 aromatic heterocycles. The summed E-state index contributed by atoms with van der Waals surface area (Å²) in [6, 6.07) is 5.16. The third-order valence-corrected chi connectivity index (χ3v) is 7.06. The summed E-state index contributed by atoms with van der Waals surface area (Å²) in [4.78, 5) is 36.5. The van der Waals surface area contributed by atoms with Gasteiger partial charge in [-0.15, -0.1) is 21.5 Å². The fourth-order valence-corrected chi connectivity index (χ4v) is 4.95. The van der Waals surface area contributed by atoms with Crippen LogP contribution in [0.5, 0.6) is 5.75 Å². The van der Waals surface area contributed by atoms with E-state index in [4.69, 9.17) is 26.8 Å². The molecule has 3 rings (SSSR count). The van der Waals surface area contributed by atoms with E-state index in [0.29, 0.717) is 32.9 Å². The number of nitrogens with two attached hydrogens (primary N) is 1. The predicted octanol–water partition coefficient (Wildman–Crippen LogP) is 3.13. The van der Waals surface area contributed by atoms with Gasteiger partial charge in [-0.25, -0.2) is 4.79 Å². The summed E-state index contributed by atoms with van der Waals surface area (Å²) in [6.07, 6.45) is 0. The minimum absolute atomic E-state index is 0.0257. The van der Waals surface area contributed by atoms with Crippen molar-refractivity contribution < 1.29 is 23.9 Å². The zero-order chi connectivity index (χ0) is 24.3. The fourth-order valence-electron chi connectivity index (χ4n) is 3.01. The minimum atomic E-state index is -0.694. The van der Waals surface area contributed by atoms with Crippen molar-refractivity contribution in [3.05, 3.63) is 39.2 Å². The maximum Gasteiger partial charge on any atom is 0.341 e. The van der Waals surface area contributed by atoms with Gasteiger partial charge in [-0.3, -0.25) is 9.59 Å². The Kier molecular flexibility index (Phi) is 7.61. The average Bonchev–Trinajstić information content (AvgIpc) is 3.31. The van der Waals surface area contributed by atoms with E-state index in [1.54, 1.807) is 43.8 Å². The summed E-state index contributed by atoms with van der Waals surface area (Å²) in [5, 5.41) is 12.2. The normalized spacial score (nSPS) is 10.7. The maximum atomic E-state index is 12.6. The number of thiophene rings is 1. The van der Waals surface area contributed by atoms with Crippen molar-refractivity contribution in [3.8, 4) is 17.1 Å². The number of nitrogens with zero attached hydrogens (tertiary/aromatic N) is 3. The molecule has 0 saturated carbocycles. The number of anilines is 1. The van der Waals surface area contributed by atoms with E-state index in [-0.39, 0.29) is 21.2 Å². The van der Waals surface area contributed by atoms with Gasteiger partial charge in [0, 0.05) is 12.1 Å². The van der Waals surface area contributed by atoms with Crippen LogP contribution in [0.25, 0.3) is 11.4 Å². The lowest BCUT2D eigenvalue weighted by molar-refractivity contribution is -0.113. The number of rotatable bonds is 8. The standard InChI is InChI=1S/C20H20ClN5O5S2/c1-9-14(19(29)31-4)18(33-15(9)16(22)28)23-13(27)8-32-20-25-24-17(26(20)2)11-7-10(21)5-6-12(11)30-3/h5-7H,8H2,1-4H3,(H2,22,28)(H,23,27). The van der Waals surface area contributed by atoms with Crippen molar-refractivity contribution >= 4 is 57.5 Å². The van der Waals surface area contributed by atoms with Gasteiger partial charge in [0.25, 0.3) is 5.91 Å². The van der Waals surface area contributed by atoms with Crippen molar-refractivity contribution in [2.45, 2.75) is 12.1 Å². The van der Waals surface area contributed by atoms with Crippen LogP contribution in [0.1, 0.15) is 25.6 Å². The molecule has 0 unspecified atom stereocenters. The highest BCUT2D eigenvalue weighted by Gasteiger charge is 2.25. The van der Waals surface area contributed by atoms with E-state index in [0.717, 1.165) is 23.1 Å². The molecule has 174 valence electrons. The van der Waals surface area contributed by atoms with E-state index in [9.17, 15) is 14.4 Å². The molecule has 2 heterocycles. The first-order valence-electron chi connectivity index (χ1n) is 9.35. The number of hydrogen-bond donors (Lipinski definition) is 2. The number of benzene rings is 1. The first-order valence-corrected chi connectivity index (χ1v) is 11.5. The van der Waals surface area contributed by atoms with Crippen molar-refractivity contribution in [2.24, 2.45) is 12.8 Å². The maximum absolute atomic E-state index is 12.6. The molecule has 33 heavy (non-hydrogen) atoms. The van der Waals surface area contributed by atoms with Gasteiger partial charge in [0.05, 0.1) is 36.0 Å². The molecule has 0 aliphatic rings. The Morgan fingerprint density at radius 2 is 2.00 bits per heavy atom. The first-order chi connectivity index (χ1) is 15.7. The van der Waals surface area contributed by atoms with Crippen LogP contribution in [0.4, 0.5) is 5.00 Å².